The van der Waals surface area contributed by atoms with Crippen molar-refractivity contribution in [1.29, 1.82) is 0 Å². The summed E-state index contributed by atoms with van der Waals surface area (Å²) in [5.41, 5.74) is 0.458. The molecule has 0 unspecified atom stereocenters. The van der Waals surface area contributed by atoms with Crippen molar-refractivity contribution < 1.29 is 9.53 Å². The largest absolute Gasteiger partial charge is 0.494 e. The topological polar surface area (TPSA) is 73.5 Å². The molecule has 2 aromatic heterocycles. The number of nitrogens with zero attached hydrogens (tertiary/aromatic N) is 3. The first kappa shape index (κ1) is 20.4. The number of hydrogen-bond donors (Lipinski definition) is 0. The van der Waals surface area contributed by atoms with Crippen LogP contribution in [-0.2, 0) is 11.3 Å². The summed E-state index contributed by atoms with van der Waals surface area (Å²) in [6.45, 7) is 7.61. The van der Waals surface area contributed by atoms with Crippen LogP contribution in [0.25, 0.3) is 15.9 Å². The van der Waals surface area contributed by atoms with Crippen LogP contribution in [0.1, 0.15) is 30.2 Å². The van der Waals surface area contributed by atoms with Crippen molar-refractivity contribution in [3.05, 3.63) is 55.5 Å². The van der Waals surface area contributed by atoms with E-state index in [9.17, 15) is 14.4 Å². The van der Waals surface area contributed by atoms with Crippen LogP contribution in [0, 0.1) is 13.8 Å². The van der Waals surface area contributed by atoms with Gasteiger partial charge in [0.2, 0.25) is 5.91 Å². The maximum absolute atomic E-state index is 13.4. The van der Waals surface area contributed by atoms with Gasteiger partial charge in [-0.1, -0.05) is 0 Å². The van der Waals surface area contributed by atoms with Crippen LogP contribution < -0.4 is 16.0 Å². The minimum absolute atomic E-state index is 0.0635. The fraction of sp³-hybridized carbons (Fsp3) is 0.409. The predicted octanol–water partition coefficient (Wildman–Crippen LogP) is 2.85. The van der Waals surface area contributed by atoms with Crippen LogP contribution in [-0.4, -0.2) is 39.6 Å². The van der Waals surface area contributed by atoms with Crippen molar-refractivity contribution in [2.75, 3.05) is 19.7 Å². The Morgan fingerprint density at radius 2 is 1.77 bits per heavy atom. The monoisotopic (exact) mass is 427 g/mol. The number of ether oxygens (including phenoxy) is 1. The number of aromatic nitrogens is 2. The van der Waals surface area contributed by atoms with Gasteiger partial charge in [0.05, 0.1) is 17.7 Å². The number of carbonyl (C=O) groups excluding carboxylic acids is 1. The molecule has 1 fully saturated rings. The SMILES string of the molecule is CCOc1ccc(-n2c(=O)c3c(C)c(C)sc3n(CC(=O)N3CCCC3)c2=O)cc1. The molecule has 30 heavy (non-hydrogen) atoms. The van der Waals surface area contributed by atoms with Crippen LogP contribution in [0.5, 0.6) is 5.75 Å². The Kier molecular flexibility index (Phi) is 5.51. The Morgan fingerprint density at radius 3 is 2.40 bits per heavy atom. The lowest BCUT2D eigenvalue weighted by atomic mass is 10.2. The number of fused-ring (bicyclic) bond motifs is 1. The van der Waals surface area contributed by atoms with Gasteiger partial charge in [0, 0.05) is 18.0 Å². The Balaban J connectivity index is 1.90. The fourth-order valence-corrected chi connectivity index (χ4v) is 5.02. The van der Waals surface area contributed by atoms with Crippen LogP contribution in [0.4, 0.5) is 0 Å². The molecule has 8 heteroatoms. The second-order valence-electron chi connectivity index (χ2n) is 7.49. The Hall–Kier alpha value is -2.87. The molecule has 0 spiro atoms. The van der Waals surface area contributed by atoms with E-state index < -0.39 is 5.69 Å². The Labute approximate surface area is 178 Å². The predicted molar refractivity (Wildman–Crippen MR) is 118 cm³/mol. The van der Waals surface area contributed by atoms with Crippen molar-refractivity contribution in [2.45, 2.75) is 40.2 Å². The van der Waals surface area contributed by atoms with Gasteiger partial charge >= 0.3 is 5.69 Å². The average molecular weight is 428 g/mol. The van der Waals surface area contributed by atoms with Gasteiger partial charge in [0.25, 0.3) is 5.56 Å². The zero-order valence-corrected chi connectivity index (χ0v) is 18.3. The lowest BCUT2D eigenvalue weighted by molar-refractivity contribution is -0.130. The molecule has 0 aliphatic carbocycles. The highest BCUT2D eigenvalue weighted by molar-refractivity contribution is 7.18. The molecule has 1 aromatic carbocycles. The zero-order chi connectivity index (χ0) is 21.4. The van der Waals surface area contributed by atoms with Gasteiger partial charge in [-0.25, -0.2) is 9.36 Å². The smallest absolute Gasteiger partial charge is 0.337 e. The molecule has 1 aliphatic heterocycles. The second-order valence-corrected chi connectivity index (χ2v) is 8.69. The molecular weight excluding hydrogens is 402 g/mol. The van der Waals surface area contributed by atoms with E-state index in [1.54, 1.807) is 29.2 Å². The molecule has 3 aromatic rings. The standard InChI is InChI=1S/C22H25N3O4S/c1-4-29-17-9-7-16(8-10-17)25-20(27)19-14(2)15(3)30-21(19)24(22(25)28)13-18(26)23-11-5-6-12-23/h7-10H,4-6,11-13H2,1-3H3. The highest BCUT2D eigenvalue weighted by Gasteiger charge is 2.24. The van der Waals surface area contributed by atoms with Crippen molar-refractivity contribution in [2.24, 2.45) is 0 Å². The number of benzene rings is 1. The summed E-state index contributed by atoms with van der Waals surface area (Å²) in [7, 11) is 0. The Morgan fingerprint density at radius 1 is 1.10 bits per heavy atom. The molecule has 1 saturated heterocycles. The van der Waals surface area contributed by atoms with Crippen molar-refractivity contribution in [1.82, 2.24) is 14.0 Å². The number of aryl methyl sites for hydroxylation is 2. The van der Waals surface area contributed by atoms with Crippen LogP contribution in [0.15, 0.2) is 33.9 Å². The lowest BCUT2D eigenvalue weighted by Gasteiger charge is -2.17. The maximum atomic E-state index is 13.4. The molecule has 0 bridgehead atoms. The van der Waals surface area contributed by atoms with Gasteiger partial charge in [0.15, 0.2) is 0 Å². The molecule has 158 valence electrons. The Bertz CT molecular complexity index is 1210. The lowest BCUT2D eigenvalue weighted by Crippen LogP contribution is -2.42. The highest BCUT2D eigenvalue weighted by atomic mass is 32.1. The number of likely N-dealkylation sites (tertiary alicyclic amines) is 1. The van der Waals surface area contributed by atoms with E-state index in [-0.39, 0.29) is 18.0 Å². The number of thiophene rings is 1. The summed E-state index contributed by atoms with van der Waals surface area (Å²) in [6.07, 6.45) is 1.97. The normalized spacial score (nSPS) is 13.9. The summed E-state index contributed by atoms with van der Waals surface area (Å²) in [6, 6.07) is 6.86. The van der Waals surface area contributed by atoms with Crippen LogP contribution >= 0.6 is 11.3 Å². The first-order valence-corrected chi connectivity index (χ1v) is 11.0. The summed E-state index contributed by atoms with van der Waals surface area (Å²) in [5, 5.41) is 0.500. The molecule has 0 atom stereocenters. The first-order chi connectivity index (χ1) is 14.4. The van der Waals surface area contributed by atoms with E-state index in [1.165, 1.54) is 15.9 Å². The third-order valence-corrected chi connectivity index (χ3v) is 6.84. The maximum Gasteiger partial charge on any atom is 0.337 e. The molecule has 0 radical (unpaired) electrons. The van der Waals surface area contributed by atoms with E-state index in [2.05, 4.69) is 0 Å². The van der Waals surface area contributed by atoms with Gasteiger partial charge in [-0.2, -0.15) is 0 Å². The molecule has 4 rings (SSSR count). The quantitative estimate of drug-likeness (QED) is 0.628. The van der Waals surface area contributed by atoms with Gasteiger partial charge in [0.1, 0.15) is 17.1 Å². The second kappa shape index (κ2) is 8.10. The van der Waals surface area contributed by atoms with Crippen molar-refractivity contribution in [3.63, 3.8) is 0 Å². The van der Waals surface area contributed by atoms with Gasteiger partial charge in [-0.3, -0.25) is 14.2 Å². The van der Waals surface area contributed by atoms with Gasteiger partial charge in [-0.15, -0.1) is 11.3 Å². The molecule has 0 saturated carbocycles. The van der Waals surface area contributed by atoms with E-state index >= 15 is 0 Å². The minimum atomic E-state index is -0.495. The fourth-order valence-electron chi connectivity index (χ4n) is 3.88. The molecule has 1 aliphatic rings. The molecular formula is C22H25N3O4S. The third kappa shape index (κ3) is 3.45. The first-order valence-electron chi connectivity index (χ1n) is 10.2. The molecule has 3 heterocycles. The number of rotatable bonds is 5. The highest BCUT2D eigenvalue weighted by Crippen LogP contribution is 2.27. The summed E-state index contributed by atoms with van der Waals surface area (Å²) >= 11 is 1.39. The summed E-state index contributed by atoms with van der Waals surface area (Å²) in [4.78, 5) is 42.9. The third-order valence-electron chi connectivity index (χ3n) is 5.61. The summed E-state index contributed by atoms with van der Waals surface area (Å²) in [5.74, 6) is 0.582. The molecule has 7 nitrogen and oxygen atoms in total. The van der Waals surface area contributed by atoms with E-state index in [0.29, 0.717) is 28.3 Å². The van der Waals surface area contributed by atoms with Crippen LogP contribution in [0.3, 0.4) is 0 Å². The van der Waals surface area contributed by atoms with E-state index in [1.807, 2.05) is 20.8 Å². The van der Waals surface area contributed by atoms with E-state index in [4.69, 9.17) is 4.74 Å². The van der Waals surface area contributed by atoms with Crippen molar-refractivity contribution >= 4 is 27.5 Å². The van der Waals surface area contributed by atoms with E-state index in [0.717, 1.165) is 40.9 Å². The number of hydrogen-bond acceptors (Lipinski definition) is 5. The molecule has 0 N–H and O–H groups in total. The minimum Gasteiger partial charge on any atom is -0.494 e. The summed E-state index contributed by atoms with van der Waals surface area (Å²) < 4.78 is 8.08. The molecule has 1 amide bonds. The van der Waals surface area contributed by atoms with Crippen molar-refractivity contribution in [3.8, 4) is 11.4 Å². The zero-order valence-electron chi connectivity index (χ0n) is 17.4. The number of amides is 1. The number of carbonyl (C=O) groups is 1. The van der Waals surface area contributed by atoms with Crippen LogP contribution in [0.2, 0.25) is 0 Å². The van der Waals surface area contributed by atoms with Gasteiger partial charge in [-0.05, 0) is 63.4 Å². The van der Waals surface area contributed by atoms with Gasteiger partial charge < -0.3 is 9.64 Å². The average Bonchev–Trinajstić information content (AvgIpc) is 3.36.